The molecule has 0 fully saturated rings. The van der Waals surface area contributed by atoms with Crippen molar-refractivity contribution in [2.45, 2.75) is 13.3 Å². The molecule has 2 aromatic carbocycles. The second-order valence-electron chi connectivity index (χ2n) is 5.44. The Hall–Kier alpha value is -2.46. The normalized spacial score (nSPS) is 12.7. The predicted molar refractivity (Wildman–Crippen MR) is 95.8 cm³/mol. The Labute approximate surface area is 146 Å². The number of fused-ring (bicyclic) bond motifs is 1. The molecular formula is C19H18ClNO3. The molecular weight excluding hydrogens is 326 g/mol. The number of benzene rings is 2. The minimum Gasteiger partial charge on any atom is -0.491 e. The highest BCUT2D eigenvalue weighted by molar-refractivity contribution is 6.30. The maximum absolute atomic E-state index is 12.5. The van der Waals surface area contributed by atoms with Crippen LogP contribution in [0.3, 0.4) is 0 Å². The molecule has 5 heteroatoms. The highest BCUT2D eigenvalue weighted by Gasteiger charge is 2.18. The van der Waals surface area contributed by atoms with Gasteiger partial charge in [-0.05, 0) is 42.8 Å². The molecule has 0 unspecified atom stereocenters. The van der Waals surface area contributed by atoms with E-state index in [1.807, 2.05) is 31.2 Å². The summed E-state index contributed by atoms with van der Waals surface area (Å²) in [5.41, 5.74) is 1.98. The van der Waals surface area contributed by atoms with Crippen LogP contribution in [-0.2, 0) is 4.79 Å². The van der Waals surface area contributed by atoms with Crippen LogP contribution in [0.25, 0.3) is 6.08 Å². The van der Waals surface area contributed by atoms with Crippen LogP contribution in [0.15, 0.2) is 48.0 Å². The van der Waals surface area contributed by atoms with Crippen LogP contribution < -0.4 is 14.8 Å². The Morgan fingerprint density at radius 2 is 2.12 bits per heavy atom. The summed E-state index contributed by atoms with van der Waals surface area (Å²) in [6, 6.07) is 12.7. The molecule has 0 radical (unpaired) electrons. The molecule has 1 amide bonds. The number of nitrogens with one attached hydrogen (secondary N) is 1. The molecule has 0 aromatic heterocycles. The van der Waals surface area contributed by atoms with Gasteiger partial charge in [-0.15, -0.1) is 0 Å². The summed E-state index contributed by atoms with van der Waals surface area (Å²) >= 11 is 6.00. The molecule has 1 aliphatic heterocycles. The van der Waals surface area contributed by atoms with E-state index in [9.17, 15) is 4.79 Å². The molecule has 1 N–H and O–H groups in total. The van der Waals surface area contributed by atoms with Gasteiger partial charge in [0.25, 0.3) is 5.91 Å². The van der Waals surface area contributed by atoms with E-state index in [4.69, 9.17) is 21.1 Å². The molecule has 1 heterocycles. The van der Waals surface area contributed by atoms with E-state index in [1.165, 1.54) is 0 Å². The molecule has 124 valence electrons. The van der Waals surface area contributed by atoms with Crippen molar-refractivity contribution in [3.8, 4) is 11.5 Å². The zero-order chi connectivity index (χ0) is 16.9. The summed E-state index contributed by atoms with van der Waals surface area (Å²) in [5, 5.41) is 3.49. The standard InChI is InChI=1S/C19H18ClNO3/c1-2-9-23-18-6-4-3-5-16(18)21-19(22)14-10-13-11-15(20)7-8-17(13)24-12-14/h3-8,10-11H,2,9,12H2,1H3,(H,21,22). The number of para-hydroxylation sites is 2. The van der Waals surface area contributed by atoms with Gasteiger partial charge >= 0.3 is 0 Å². The zero-order valence-electron chi connectivity index (χ0n) is 13.3. The van der Waals surface area contributed by atoms with Gasteiger partial charge in [0.15, 0.2) is 0 Å². The summed E-state index contributed by atoms with van der Waals surface area (Å²) in [6.45, 7) is 2.86. The van der Waals surface area contributed by atoms with Gasteiger partial charge in [0.05, 0.1) is 17.9 Å². The van der Waals surface area contributed by atoms with Crippen molar-refractivity contribution in [1.82, 2.24) is 0 Å². The van der Waals surface area contributed by atoms with E-state index in [0.717, 1.165) is 17.7 Å². The highest BCUT2D eigenvalue weighted by Crippen LogP contribution is 2.30. The van der Waals surface area contributed by atoms with E-state index in [0.29, 0.717) is 28.6 Å². The zero-order valence-corrected chi connectivity index (χ0v) is 14.1. The average molecular weight is 344 g/mol. The largest absolute Gasteiger partial charge is 0.491 e. The third kappa shape index (κ3) is 3.71. The highest BCUT2D eigenvalue weighted by atomic mass is 35.5. The van der Waals surface area contributed by atoms with Crippen molar-refractivity contribution in [2.75, 3.05) is 18.5 Å². The fraction of sp³-hybridized carbons (Fsp3) is 0.211. The summed E-state index contributed by atoms with van der Waals surface area (Å²) < 4.78 is 11.3. The fourth-order valence-corrected chi connectivity index (χ4v) is 2.57. The molecule has 24 heavy (non-hydrogen) atoms. The minimum absolute atomic E-state index is 0.215. The Morgan fingerprint density at radius 3 is 2.96 bits per heavy atom. The van der Waals surface area contributed by atoms with Crippen LogP contribution in [0.4, 0.5) is 5.69 Å². The van der Waals surface area contributed by atoms with E-state index in [-0.39, 0.29) is 12.5 Å². The molecule has 0 saturated heterocycles. The molecule has 3 rings (SSSR count). The topological polar surface area (TPSA) is 47.6 Å². The summed E-state index contributed by atoms with van der Waals surface area (Å²) in [4.78, 5) is 12.5. The third-order valence-corrected chi connectivity index (χ3v) is 3.81. The van der Waals surface area contributed by atoms with E-state index >= 15 is 0 Å². The van der Waals surface area contributed by atoms with Gasteiger partial charge in [-0.25, -0.2) is 0 Å². The van der Waals surface area contributed by atoms with Crippen LogP contribution >= 0.6 is 11.6 Å². The Kier molecular flexibility index (Phi) is 5.06. The van der Waals surface area contributed by atoms with Gasteiger partial charge in [-0.1, -0.05) is 30.7 Å². The number of carbonyl (C=O) groups is 1. The first-order valence-electron chi connectivity index (χ1n) is 7.83. The van der Waals surface area contributed by atoms with Gasteiger partial charge in [-0.3, -0.25) is 4.79 Å². The number of ether oxygens (including phenoxy) is 2. The lowest BCUT2D eigenvalue weighted by Crippen LogP contribution is -2.21. The smallest absolute Gasteiger partial charge is 0.255 e. The molecule has 1 aliphatic rings. The Morgan fingerprint density at radius 1 is 1.29 bits per heavy atom. The van der Waals surface area contributed by atoms with Crippen molar-refractivity contribution in [3.63, 3.8) is 0 Å². The van der Waals surface area contributed by atoms with Gasteiger partial charge in [0.1, 0.15) is 18.1 Å². The third-order valence-electron chi connectivity index (χ3n) is 3.57. The maximum Gasteiger partial charge on any atom is 0.255 e. The van der Waals surface area contributed by atoms with Crippen LogP contribution in [0.2, 0.25) is 5.02 Å². The van der Waals surface area contributed by atoms with Crippen molar-refractivity contribution in [2.24, 2.45) is 0 Å². The van der Waals surface area contributed by atoms with Crippen molar-refractivity contribution >= 4 is 29.3 Å². The first-order chi connectivity index (χ1) is 11.7. The van der Waals surface area contributed by atoms with E-state index in [2.05, 4.69) is 5.32 Å². The lowest BCUT2D eigenvalue weighted by molar-refractivity contribution is -0.113. The van der Waals surface area contributed by atoms with Crippen LogP contribution in [0, 0.1) is 0 Å². The predicted octanol–water partition coefficient (Wildman–Crippen LogP) is 4.54. The molecule has 0 atom stereocenters. The first-order valence-corrected chi connectivity index (χ1v) is 8.21. The number of anilines is 1. The van der Waals surface area contributed by atoms with Crippen LogP contribution in [0.1, 0.15) is 18.9 Å². The number of halogens is 1. The lowest BCUT2D eigenvalue weighted by atomic mass is 10.1. The van der Waals surface area contributed by atoms with Crippen molar-refractivity contribution < 1.29 is 14.3 Å². The summed E-state index contributed by atoms with van der Waals surface area (Å²) in [5.74, 6) is 1.17. The minimum atomic E-state index is -0.215. The van der Waals surface area contributed by atoms with Gasteiger partial charge < -0.3 is 14.8 Å². The molecule has 0 spiro atoms. The Balaban J connectivity index is 1.79. The van der Waals surface area contributed by atoms with Gasteiger partial charge in [0, 0.05) is 10.6 Å². The number of amides is 1. The number of rotatable bonds is 5. The monoisotopic (exact) mass is 343 g/mol. The second-order valence-corrected chi connectivity index (χ2v) is 5.88. The molecule has 0 bridgehead atoms. The van der Waals surface area contributed by atoms with Crippen LogP contribution in [0.5, 0.6) is 11.5 Å². The maximum atomic E-state index is 12.5. The van der Waals surface area contributed by atoms with Crippen molar-refractivity contribution in [3.05, 3.63) is 58.6 Å². The molecule has 4 nitrogen and oxygen atoms in total. The molecule has 0 saturated carbocycles. The lowest BCUT2D eigenvalue weighted by Gasteiger charge is -2.18. The Bertz CT molecular complexity index is 786. The SMILES string of the molecule is CCCOc1ccccc1NC(=O)C1=Cc2cc(Cl)ccc2OC1. The summed E-state index contributed by atoms with van der Waals surface area (Å²) in [6.07, 6.45) is 2.70. The fourth-order valence-electron chi connectivity index (χ4n) is 2.39. The van der Waals surface area contributed by atoms with E-state index < -0.39 is 0 Å². The van der Waals surface area contributed by atoms with Gasteiger partial charge in [0.2, 0.25) is 0 Å². The molecule has 2 aromatic rings. The van der Waals surface area contributed by atoms with Crippen LogP contribution in [-0.4, -0.2) is 19.1 Å². The average Bonchev–Trinajstić information content (AvgIpc) is 2.60. The molecule has 0 aliphatic carbocycles. The first kappa shape index (κ1) is 16.4. The summed E-state index contributed by atoms with van der Waals surface area (Å²) in [7, 11) is 0. The van der Waals surface area contributed by atoms with E-state index in [1.54, 1.807) is 24.3 Å². The number of hydrogen-bond donors (Lipinski definition) is 1. The van der Waals surface area contributed by atoms with Gasteiger partial charge in [-0.2, -0.15) is 0 Å². The number of carbonyl (C=O) groups excluding carboxylic acids is 1. The van der Waals surface area contributed by atoms with Crippen molar-refractivity contribution in [1.29, 1.82) is 0 Å². The second kappa shape index (κ2) is 7.41. The quantitative estimate of drug-likeness (QED) is 0.866. The number of hydrogen-bond acceptors (Lipinski definition) is 3.